The van der Waals surface area contributed by atoms with E-state index in [-0.39, 0.29) is 74.9 Å². The third-order valence-electron chi connectivity index (χ3n) is 14.7. The molecule has 478 valence electrons. The molecule has 1 saturated heterocycles. The van der Waals surface area contributed by atoms with Gasteiger partial charge in [-0.05, 0) is 164 Å². The Labute approximate surface area is 523 Å². The summed E-state index contributed by atoms with van der Waals surface area (Å²) in [7, 11) is 0. The lowest BCUT2D eigenvalue weighted by molar-refractivity contribution is -0.0540. The van der Waals surface area contributed by atoms with Gasteiger partial charge in [0.15, 0.2) is 21.9 Å². The molecule has 88 heavy (non-hydrogen) atoms. The van der Waals surface area contributed by atoms with Crippen LogP contribution in [0.25, 0.3) is 0 Å². The maximum absolute atomic E-state index is 13.0. The molecular formula is C59H72BrCl2F6N13O7. The number of hydrogen-bond acceptors (Lipinski definition) is 17. The molecule has 0 radical (unpaired) electrons. The van der Waals surface area contributed by atoms with Crippen LogP contribution in [0.15, 0.2) is 55.8 Å². The normalized spacial score (nSPS) is 15.2. The van der Waals surface area contributed by atoms with E-state index >= 15 is 0 Å². The molecule has 7 heterocycles. The van der Waals surface area contributed by atoms with E-state index in [1.165, 1.54) is 31.9 Å². The molecular weight excluding hydrogens is 1270 g/mol. The third kappa shape index (κ3) is 20.0. The van der Waals surface area contributed by atoms with Gasteiger partial charge >= 0.3 is 19.8 Å². The standard InChI is InChI=1S/C19H21F2N5O2.C18H21ClF2N4O2.C10H12BrClN2O.C8H10F2N2O.C4H8O/c1-4-15(12-5-6-12)26-9-13(8-22)24-16(18(26)27)25-14-7-10(2)17(23-11(14)3)28-19(20)21;1-4-13(11-5-6-11)25-8-14(19)24-15(17(25)26)23-12-7-9(2)16(22-10(12)3)27-18(20)21;1-2-7(6-3-4-6)14-5-8(12)13-9(11)10(14)15;1-4-3-6(11)5(2)12-7(4)13-8(9)10;1-2-4-5-3-1/h7,9,12,15,19H,4-6H2,1-3H3,(H,24,25);7-8,11,13,18H,4-6H2,1-3H3,(H,23,24);5-7H,2-4H2,1H3;3,8H,11H2,1-2H3;1-4H2/t15-;13-;7-;;/m111../s1. The van der Waals surface area contributed by atoms with Crippen molar-refractivity contribution >= 4 is 67.8 Å². The van der Waals surface area contributed by atoms with Crippen LogP contribution in [0.4, 0.5) is 55.0 Å². The van der Waals surface area contributed by atoms with Gasteiger partial charge in [0.1, 0.15) is 16.4 Å². The van der Waals surface area contributed by atoms with Crippen LogP contribution in [0.5, 0.6) is 17.6 Å². The number of pyridine rings is 3. The topological polar surface area (TPSA) is 254 Å². The lowest BCUT2D eigenvalue weighted by atomic mass is 10.1. The predicted molar refractivity (Wildman–Crippen MR) is 326 cm³/mol. The van der Waals surface area contributed by atoms with Crippen LogP contribution < -0.4 is 47.3 Å². The maximum Gasteiger partial charge on any atom is 0.388 e. The zero-order valence-corrected chi connectivity index (χ0v) is 53.3. The number of hydrogen-bond donors (Lipinski definition) is 3. The summed E-state index contributed by atoms with van der Waals surface area (Å²) in [5.41, 5.74) is 8.89. The highest BCUT2D eigenvalue weighted by molar-refractivity contribution is 9.10. The highest BCUT2D eigenvalue weighted by Gasteiger charge is 2.35. The third-order valence-corrected chi connectivity index (χ3v) is 15.6. The SMILES string of the molecule is C1CCOC1.CC[C@H](C1CC1)n1cc(C#N)nc(Nc2cc(C)c(OC(F)F)nc2C)c1=O.CC[C@H](C1CC1)n1cc(Cl)nc(Br)c1=O.CC[C@H](C1CC1)n1cc(Cl)nc(Nc2cc(C)c(OC(F)F)nc2C)c1=O.Cc1cc(N)c(C)nc1OC(F)F. The van der Waals surface area contributed by atoms with E-state index in [2.05, 4.69) is 77.6 Å². The maximum atomic E-state index is 13.0. The number of nitrogens with one attached hydrogen (secondary N) is 2. The first-order valence-electron chi connectivity index (χ1n) is 28.7. The average molecular weight is 1340 g/mol. The van der Waals surface area contributed by atoms with E-state index < -0.39 is 19.8 Å². The summed E-state index contributed by atoms with van der Waals surface area (Å²) in [5.74, 6) is 1.24. The fourth-order valence-electron chi connectivity index (χ4n) is 9.81. The van der Waals surface area contributed by atoms with Crippen LogP contribution in [0.2, 0.25) is 10.3 Å². The Morgan fingerprint density at radius 2 is 0.955 bits per heavy atom. The molecule has 10 rings (SSSR count). The number of rotatable bonds is 19. The van der Waals surface area contributed by atoms with Crippen molar-refractivity contribution in [2.75, 3.05) is 29.6 Å². The van der Waals surface area contributed by atoms with Crippen molar-refractivity contribution in [3.05, 3.63) is 122 Å². The monoisotopic (exact) mass is 1340 g/mol. The van der Waals surface area contributed by atoms with Gasteiger partial charge in [0.25, 0.3) is 16.7 Å². The summed E-state index contributed by atoms with van der Waals surface area (Å²) in [4.78, 5) is 61.7. The largest absolute Gasteiger partial charge is 0.417 e. The van der Waals surface area contributed by atoms with Gasteiger partial charge in [-0.2, -0.15) is 31.6 Å². The Hall–Kier alpha value is -7.02. The summed E-state index contributed by atoms with van der Waals surface area (Å²) in [6, 6.07) is 7.06. The molecule has 3 atom stereocenters. The van der Waals surface area contributed by atoms with Crippen molar-refractivity contribution in [2.45, 2.75) is 171 Å². The van der Waals surface area contributed by atoms with Crippen LogP contribution in [0.1, 0.15) is 149 Å². The number of halogens is 9. The molecule has 0 aromatic carbocycles. The minimum absolute atomic E-state index is 0.00461. The van der Waals surface area contributed by atoms with Crippen molar-refractivity contribution < 1.29 is 45.3 Å². The molecule has 4 N–H and O–H groups in total. The number of aromatic nitrogens is 9. The second kappa shape index (κ2) is 32.5. The van der Waals surface area contributed by atoms with Crippen molar-refractivity contribution in [3.8, 4) is 23.7 Å². The molecule has 3 aliphatic carbocycles. The second-order valence-corrected chi connectivity index (χ2v) is 22.9. The Bertz CT molecular complexity index is 3570. The van der Waals surface area contributed by atoms with Gasteiger partial charge in [0, 0.05) is 66.6 Å². The summed E-state index contributed by atoms with van der Waals surface area (Å²) < 4.78 is 96.7. The van der Waals surface area contributed by atoms with Crippen LogP contribution >= 0.6 is 39.1 Å². The zero-order chi connectivity index (χ0) is 64.7. The molecule has 4 aliphatic rings. The van der Waals surface area contributed by atoms with Crippen LogP contribution in [0.3, 0.4) is 0 Å². The molecule has 20 nitrogen and oxygen atoms in total. The number of alkyl halides is 6. The first kappa shape index (κ1) is 70.1. The van der Waals surface area contributed by atoms with Gasteiger partial charge in [-0.15, -0.1) is 0 Å². The second-order valence-electron chi connectivity index (χ2n) is 21.4. The van der Waals surface area contributed by atoms with E-state index in [1.54, 1.807) is 85.8 Å². The molecule has 0 bridgehead atoms. The molecule has 0 amide bonds. The number of nitrogen functional groups attached to an aromatic ring is 1. The zero-order valence-electron chi connectivity index (χ0n) is 50.2. The molecule has 0 unspecified atom stereocenters. The molecule has 3 saturated carbocycles. The number of nitriles is 1. The van der Waals surface area contributed by atoms with E-state index in [1.807, 2.05) is 19.9 Å². The highest BCUT2D eigenvalue weighted by Crippen LogP contribution is 2.43. The fourth-order valence-corrected chi connectivity index (χ4v) is 10.7. The van der Waals surface area contributed by atoms with E-state index in [0.717, 1.165) is 58.2 Å². The van der Waals surface area contributed by atoms with E-state index in [4.69, 9.17) is 33.7 Å². The van der Waals surface area contributed by atoms with Crippen LogP contribution in [-0.2, 0) is 4.74 Å². The predicted octanol–water partition coefficient (Wildman–Crippen LogP) is 14.1. The summed E-state index contributed by atoms with van der Waals surface area (Å²) in [5, 5.41) is 15.7. The van der Waals surface area contributed by atoms with Crippen LogP contribution in [-0.4, -0.2) is 76.7 Å². The fraction of sp³-hybridized carbons (Fsp3) is 0.525. The molecule has 4 fully saturated rings. The Morgan fingerprint density at radius 1 is 0.591 bits per heavy atom. The summed E-state index contributed by atoms with van der Waals surface area (Å²) in [6.07, 6.45) is 16.6. The van der Waals surface area contributed by atoms with Gasteiger partial charge in [-0.1, -0.05) is 44.0 Å². The van der Waals surface area contributed by atoms with Gasteiger partial charge in [0.2, 0.25) is 17.6 Å². The number of nitrogens with two attached hydrogens (primary N) is 1. The molecule has 6 aromatic rings. The summed E-state index contributed by atoms with van der Waals surface area (Å²) in [6.45, 7) is 9.01. The minimum Gasteiger partial charge on any atom is -0.417 e. The molecule has 29 heteroatoms. The number of nitrogens with zero attached hydrogens (tertiary/aromatic N) is 10. The molecule has 6 aromatic heterocycles. The van der Waals surface area contributed by atoms with Crippen molar-refractivity contribution in [1.29, 1.82) is 5.26 Å². The number of anilines is 5. The van der Waals surface area contributed by atoms with E-state index in [0.29, 0.717) is 78.3 Å². The highest BCUT2D eigenvalue weighted by atomic mass is 79.9. The van der Waals surface area contributed by atoms with Crippen molar-refractivity contribution in [1.82, 2.24) is 43.6 Å². The first-order valence-corrected chi connectivity index (χ1v) is 30.2. The van der Waals surface area contributed by atoms with Gasteiger partial charge in [-0.3, -0.25) is 14.4 Å². The first-order chi connectivity index (χ1) is 41.8. The average Bonchev–Trinajstić information content (AvgIpc) is 2.81. The molecule has 0 spiro atoms. The lowest BCUT2D eigenvalue weighted by Gasteiger charge is -2.19. The van der Waals surface area contributed by atoms with Crippen LogP contribution in [0, 0.1) is 70.6 Å². The summed E-state index contributed by atoms with van der Waals surface area (Å²) >= 11 is 15.1. The Morgan fingerprint density at radius 3 is 1.32 bits per heavy atom. The number of ether oxygens (including phenoxy) is 4. The van der Waals surface area contributed by atoms with Gasteiger partial charge in [-0.25, -0.2) is 29.9 Å². The van der Waals surface area contributed by atoms with E-state index in [9.17, 15) is 46.0 Å². The molecule has 1 aliphatic heterocycles. The quantitative estimate of drug-likeness (QED) is 0.0637. The van der Waals surface area contributed by atoms with Gasteiger partial charge < -0.3 is 49.0 Å². The lowest BCUT2D eigenvalue weighted by Crippen LogP contribution is -2.29. The Kier molecular flexibility index (Phi) is 25.8. The van der Waals surface area contributed by atoms with Gasteiger partial charge in [0.05, 0.1) is 34.1 Å². The van der Waals surface area contributed by atoms with Crippen molar-refractivity contribution in [2.24, 2.45) is 17.8 Å². The van der Waals surface area contributed by atoms with Crippen molar-refractivity contribution in [3.63, 3.8) is 0 Å². The Balaban J connectivity index is 0.000000190. The minimum atomic E-state index is -2.97. The smallest absolute Gasteiger partial charge is 0.388 e. The number of aryl methyl sites for hydroxylation is 6.